The first-order valence-electron chi connectivity index (χ1n) is 7.30. The molecule has 0 radical (unpaired) electrons. The minimum Gasteiger partial charge on any atom is -0.314 e. The van der Waals surface area contributed by atoms with E-state index in [0.717, 1.165) is 0 Å². The third kappa shape index (κ3) is 4.10. The molecule has 1 aliphatic carbocycles. The summed E-state index contributed by atoms with van der Waals surface area (Å²) in [5.41, 5.74) is 3.07. The first kappa shape index (κ1) is 14.1. The van der Waals surface area contributed by atoms with Gasteiger partial charge in [0.1, 0.15) is 0 Å². The first-order valence-corrected chi connectivity index (χ1v) is 8.09. The van der Waals surface area contributed by atoms with Crippen LogP contribution in [0.5, 0.6) is 0 Å². The van der Waals surface area contributed by atoms with Crippen LogP contribution in [0.1, 0.15) is 50.2 Å². The number of aryl methyl sites for hydroxylation is 1. The zero-order valence-corrected chi connectivity index (χ0v) is 12.9. The quantitative estimate of drug-likeness (QED) is 0.764. The van der Waals surface area contributed by atoms with Crippen LogP contribution in [0.3, 0.4) is 0 Å². The van der Waals surface area contributed by atoms with Crippen molar-refractivity contribution in [2.45, 2.75) is 57.9 Å². The zero-order chi connectivity index (χ0) is 12.8. The highest BCUT2D eigenvalue weighted by molar-refractivity contribution is 9.10. The average molecular weight is 310 g/mol. The molecule has 0 spiro atoms. The molecular formula is C16H24BrN. The first-order chi connectivity index (χ1) is 8.79. The topological polar surface area (TPSA) is 12.0 Å². The van der Waals surface area contributed by atoms with Gasteiger partial charge < -0.3 is 5.32 Å². The molecule has 0 bridgehead atoms. The number of benzene rings is 1. The molecular weight excluding hydrogens is 286 g/mol. The fourth-order valence-electron chi connectivity index (χ4n) is 2.76. The predicted molar refractivity (Wildman–Crippen MR) is 82.1 cm³/mol. The van der Waals surface area contributed by atoms with E-state index in [-0.39, 0.29) is 0 Å². The summed E-state index contributed by atoms with van der Waals surface area (Å²) in [5, 5.41) is 3.72. The molecule has 0 amide bonds. The van der Waals surface area contributed by atoms with Crippen molar-refractivity contribution in [3.63, 3.8) is 0 Å². The summed E-state index contributed by atoms with van der Waals surface area (Å²) < 4.78 is 1.22. The van der Waals surface area contributed by atoms with E-state index in [4.69, 9.17) is 0 Å². The van der Waals surface area contributed by atoms with E-state index in [1.165, 1.54) is 67.1 Å². The van der Waals surface area contributed by atoms with Crippen LogP contribution in [0.15, 0.2) is 22.7 Å². The van der Waals surface area contributed by atoms with Crippen LogP contribution in [-0.2, 0) is 12.8 Å². The van der Waals surface area contributed by atoms with Crippen molar-refractivity contribution >= 4 is 15.9 Å². The summed E-state index contributed by atoms with van der Waals surface area (Å²) in [7, 11) is 0. The predicted octanol–water partition coefficient (Wildman–Crippen LogP) is 4.48. The second kappa shape index (κ2) is 7.30. The van der Waals surface area contributed by atoms with Gasteiger partial charge in [0, 0.05) is 10.5 Å². The molecule has 1 nitrogen and oxygen atoms in total. The normalized spacial score (nSPS) is 18.7. The highest BCUT2D eigenvalue weighted by Crippen LogP contribution is 2.24. The minimum atomic E-state index is 0.695. The van der Waals surface area contributed by atoms with Crippen LogP contribution in [0, 0.1) is 0 Å². The lowest BCUT2D eigenvalue weighted by Gasteiger charge is -2.25. The van der Waals surface area contributed by atoms with E-state index >= 15 is 0 Å². The summed E-state index contributed by atoms with van der Waals surface area (Å²) in [6.45, 7) is 3.46. The van der Waals surface area contributed by atoms with Crippen molar-refractivity contribution in [2.24, 2.45) is 0 Å². The number of hydrogen-bond acceptors (Lipinski definition) is 1. The van der Waals surface area contributed by atoms with Crippen LogP contribution in [0.4, 0.5) is 0 Å². The molecule has 1 unspecified atom stereocenters. The number of halogens is 1. The molecule has 1 aliphatic rings. The Morgan fingerprint density at radius 1 is 1.22 bits per heavy atom. The maximum Gasteiger partial charge on any atom is 0.0178 e. The zero-order valence-electron chi connectivity index (χ0n) is 11.3. The molecule has 1 atom stereocenters. The Balaban J connectivity index is 1.76. The van der Waals surface area contributed by atoms with Gasteiger partial charge in [0.25, 0.3) is 0 Å². The second-order valence-electron chi connectivity index (χ2n) is 5.37. The Hall–Kier alpha value is -0.340. The third-order valence-corrected chi connectivity index (χ3v) is 4.35. The van der Waals surface area contributed by atoms with Gasteiger partial charge in [0.05, 0.1) is 0 Å². The molecule has 100 valence electrons. The molecule has 0 aromatic heterocycles. The molecule has 0 heterocycles. The van der Waals surface area contributed by atoms with Crippen LogP contribution >= 0.6 is 15.9 Å². The van der Waals surface area contributed by atoms with Crippen LogP contribution in [0.2, 0.25) is 0 Å². The van der Waals surface area contributed by atoms with Gasteiger partial charge in [0.2, 0.25) is 0 Å². The summed E-state index contributed by atoms with van der Waals surface area (Å²) in [6, 6.07) is 7.43. The summed E-state index contributed by atoms with van der Waals surface area (Å²) in [6.07, 6.45) is 9.13. The summed E-state index contributed by atoms with van der Waals surface area (Å²) in [5.74, 6) is 0. The molecule has 0 saturated heterocycles. The second-order valence-corrected chi connectivity index (χ2v) is 6.28. The number of nitrogens with one attached hydrogen (secondary N) is 1. The number of unbranched alkanes of at least 4 members (excludes halogenated alkanes) is 3. The molecule has 1 aromatic rings. The van der Waals surface area contributed by atoms with Gasteiger partial charge in [-0.25, -0.2) is 0 Å². The highest BCUT2D eigenvalue weighted by atomic mass is 79.9. The van der Waals surface area contributed by atoms with Gasteiger partial charge in [-0.1, -0.05) is 48.2 Å². The molecule has 0 fully saturated rings. The smallest absolute Gasteiger partial charge is 0.0178 e. The molecule has 18 heavy (non-hydrogen) atoms. The molecule has 1 N–H and O–H groups in total. The van der Waals surface area contributed by atoms with Crippen molar-refractivity contribution in [2.75, 3.05) is 6.54 Å². The monoisotopic (exact) mass is 309 g/mol. The molecule has 2 heteroatoms. The van der Waals surface area contributed by atoms with E-state index in [9.17, 15) is 0 Å². The Morgan fingerprint density at radius 3 is 2.94 bits per heavy atom. The molecule has 1 aromatic carbocycles. The van der Waals surface area contributed by atoms with E-state index in [1.807, 2.05) is 0 Å². The van der Waals surface area contributed by atoms with Crippen molar-refractivity contribution in [3.8, 4) is 0 Å². The fraction of sp³-hybridized carbons (Fsp3) is 0.625. The number of rotatable bonds is 6. The van der Waals surface area contributed by atoms with Crippen molar-refractivity contribution in [3.05, 3.63) is 33.8 Å². The van der Waals surface area contributed by atoms with Gasteiger partial charge in [-0.15, -0.1) is 0 Å². The Kier molecular flexibility index (Phi) is 5.71. The lowest BCUT2D eigenvalue weighted by Crippen LogP contribution is -2.35. The van der Waals surface area contributed by atoms with Crippen LogP contribution in [0.25, 0.3) is 0 Å². The maximum absolute atomic E-state index is 3.72. The van der Waals surface area contributed by atoms with Gasteiger partial charge in [-0.05, 0) is 55.5 Å². The molecule has 0 aliphatic heterocycles. The molecule has 0 saturated carbocycles. The van der Waals surface area contributed by atoms with E-state index in [1.54, 1.807) is 0 Å². The Morgan fingerprint density at radius 2 is 2.11 bits per heavy atom. The summed E-state index contributed by atoms with van der Waals surface area (Å²) in [4.78, 5) is 0. The van der Waals surface area contributed by atoms with Crippen molar-refractivity contribution < 1.29 is 0 Å². The van der Waals surface area contributed by atoms with Crippen molar-refractivity contribution in [1.29, 1.82) is 0 Å². The van der Waals surface area contributed by atoms with Crippen LogP contribution < -0.4 is 5.32 Å². The maximum atomic E-state index is 3.72. The van der Waals surface area contributed by atoms with E-state index < -0.39 is 0 Å². The Bertz CT molecular complexity index is 375. The van der Waals surface area contributed by atoms with E-state index in [0.29, 0.717) is 6.04 Å². The molecule has 2 rings (SSSR count). The van der Waals surface area contributed by atoms with Gasteiger partial charge >= 0.3 is 0 Å². The van der Waals surface area contributed by atoms with Gasteiger partial charge in [-0.2, -0.15) is 0 Å². The standard InChI is InChI=1S/C16H24BrN/c1-2-3-4-5-10-18-16-9-7-13-11-15(17)8-6-14(13)12-16/h6,8,11,16,18H,2-5,7,9-10,12H2,1H3. The van der Waals surface area contributed by atoms with Crippen molar-refractivity contribution in [1.82, 2.24) is 5.32 Å². The third-order valence-electron chi connectivity index (χ3n) is 3.86. The fourth-order valence-corrected chi connectivity index (χ4v) is 3.16. The highest BCUT2D eigenvalue weighted by Gasteiger charge is 2.17. The average Bonchev–Trinajstić information content (AvgIpc) is 2.38. The SMILES string of the molecule is CCCCCCNC1CCc2cc(Br)ccc2C1. The lowest BCUT2D eigenvalue weighted by atomic mass is 9.88. The van der Waals surface area contributed by atoms with Gasteiger partial charge in [0.15, 0.2) is 0 Å². The summed E-state index contributed by atoms with van der Waals surface area (Å²) >= 11 is 3.56. The van der Waals surface area contributed by atoms with Gasteiger partial charge in [-0.3, -0.25) is 0 Å². The minimum absolute atomic E-state index is 0.695. The lowest BCUT2D eigenvalue weighted by molar-refractivity contribution is 0.448. The largest absolute Gasteiger partial charge is 0.314 e. The number of fused-ring (bicyclic) bond motifs is 1. The number of hydrogen-bond donors (Lipinski definition) is 1. The Labute approximate surface area is 119 Å². The van der Waals surface area contributed by atoms with E-state index in [2.05, 4.69) is 46.4 Å². The van der Waals surface area contributed by atoms with Crippen LogP contribution in [-0.4, -0.2) is 12.6 Å².